The zero-order valence-electron chi connectivity index (χ0n) is 15.2. The number of carbonyl (C=O) groups is 2. The number of anilines is 1. The summed E-state index contributed by atoms with van der Waals surface area (Å²) in [4.78, 5) is 30.2. The molecule has 0 radical (unpaired) electrons. The van der Waals surface area contributed by atoms with Crippen LogP contribution in [0.15, 0.2) is 23.7 Å². The van der Waals surface area contributed by atoms with E-state index in [-0.39, 0.29) is 19.6 Å². The largest absolute Gasteiger partial charge is 0.465 e. The van der Waals surface area contributed by atoms with Crippen molar-refractivity contribution in [2.45, 2.75) is 31.1 Å². The summed E-state index contributed by atoms with van der Waals surface area (Å²) in [6.07, 6.45) is -0.520. The maximum atomic E-state index is 12.3. The van der Waals surface area contributed by atoms with Crippen molar-refractivity contribution in [1.29, 1.82) is 0 Å². The maximum absolute atomic E-state index is 12.3. The SMILES string of the molecule is CCOC(=O)C(C)(CC1CN(c2ccc3ncsc3c2)C(=O)O1)S(C)(=O)=O. The van der Waals surface area contributed by atoms with Gasteiger partial charge in [-0.1, -0.05) is 0 Å². The van der Waals surface area contributed by atoms with E-state index in [1.807, 2.05) is 6.07 Å². The number of benzene rings is 1. The molecule has 2 heterocycles. The molecule has 2 unspecified atom stereocenters. The molecule has 8 nitrogen and oxygen atoms in total. The Balaban J connectivity index is 1.82. The molecule has 1 aromatic heterocycles. The number of carbonyl (C=O) groups excluding carboxylic acids is 2. The molecule has 3 rings (SSSR count). The van der Waals surface area contributed by atoms with Crippen molar-refractivity contribution in [2.75, 3.05) is 24.3 Å². The van der Waals surface area contributed by atoms with Gasteiger partial charge in [-0.25, -0.2) is 18.2 Å². The Morgan fingerprint density at radius 1 is 1.48 bits per heavy atom. The minimum atomic E-state index is -3.79. The average Bonchev–Trinajstić information content (AvgIpc) is 3.19. The van der Waals surface area contributed by atoms with Crippen LogP contribution in [0.1, 0.15) is 20.3 Å². The molecule has 10 heteroatoms. The second-order valence-corrected chi connectivity index (χ2v) is 9.88. The Hall–Kier alpha value is -2.20. The van der Waals surface area contributed by atoms with Gasteiger partial charge in [0.25, 0.3) is 0 Å². The third-order valence-corrected chi connectivity index (χ3v) is 7.41. The van der Waals surface area contributed by atoms with Crippen LogP contribution in [0.25, 0.3) is 10.2 Å². The molecule has 1 saturated heterocycles. The van der Waals surface area contributed by atoms with E-state index < -0.39 is 32.8 Å². The summed E-state index contributed by atoms with van der Waals surface area (Å²) in [7, 11) is -3.79. The van der Waals surface area contributed by atoms with Gasteiger partial charge in [-0.15, -0.1) is 11.3 Å². The Morgan fingerprint density at radius 2 is 2.22 bits per heavy atom. The zero-order valence-corrected chi connectivity index (χ0v) is 16.8. The standard InChI is InChI=1S/C17H20N2O6S2/c1-4-24-15(20)17(2,27(3,22)23)8-12-9-19(16(21)25-12)11-5-6-13-14(7-11)26-10-18-13/h5-7,10,12H,4,8-9H2,1-3H3. The molecule has 1 aromatic carbocycles. The van der Waals surface area contributed by atoms with Crippen LogP contribution in [0.5, 0.6) is 0 Å². The number of aromatic nitrogens is 1. The number of sulfone groups is 1. The first-order valence-corrected chi connectivity index (χ1v) is 11.1. The van der Waals surface area contributed by atoms with Crippen molar-refractivity contribution in [1.82, 2.24) is 4.98 Å². The molecule has 146 valence electrons. The predicted octanol–water partition coefficient (Wildman–Crippen LogP) is 2.38. The molecule has 0 N–H and O–H groups in total. The molecule has 2 atom stereocenters. The van der Waals surface area contributed by atoms with Gasteiger partial charge in [-0.3, -0.25) is 9.69 Å². The van der Waals surface area contributed by atoms with Crippen LogP contribution in [0.3, 0.4) is 0 Å². The van der Waals surface area contributed by atoms with Gasteiger partial charge in [0.2, 0.25) is 0 Å². The number of hydrogen-bond acceptors (Lipinski definition) is 8. The summed E-state index contributed by atoms with van der Waals surface area (Å²) in [6.45, 7) is 3.12. The predicted molar refractivity (Wildman–Crippen MR) is 102 cm³/mol. The van der Waals surface area contributed by atoms with E-state index in [4.69, 9.17) is 9.47 Å². The zero-order chi connectivity index (χ0) is 19.8. The van der Waals surface area contributed by atoms with Crippen molar-refractivity contribution in [3.63, 3.8) is 0 Å². The van der Waals surface area contributed by atoms with Gasteiger partial charge in [0, 0.05) is 18.4 Å². The fraction of sp³-hybridized carbons (Fsp3) is 0.471. The third-order valence-electron chi connectivity index (χ3n) is 4.64. The normalized spacial score (nSPS) is 19.7. The van der Waals surface area contributed by atoms with Crippen molar-refractivity contribution < 1.29 is 27.5 Å². The first kappa shape index (κ1) is 19.6. The van der Waals surface area contributed by atoms with Crippen molar-refractivity contribution in [2.24, 2.45) is 0 Å². The number of amides is 1. The fourth-order valence-electron chi connectivity index (χ4n) is 2.95. The highest BCUT2D eigenvalue weighted by atomic mass is 32.2. The number of esters is 1. The molecular formula is C17H20N2O6S2. The fourth-order valence-corrected chi connectivity index (χ4v) is 4.52. The van der Waals surface area contributed by atoms with Gasteiger partial charge in [-0.2, -0.15) is 0 Å². The van der Waals surface area contributed by atoms with Crippen LogP contribution in [0.2, 0.25) is 0 Å². The van der Waals surface area contributed by atoms with Crippen LogP contribution in [-0.2, 0) is 24.1 Å². The van der Waals surface area contributed by atoms with E-state index in [9.17, 15) is 18.0 Å². The van der Waals surface area contributed by atoms with Crippen LogP contribution >= 0.6 is 11.3 Å². The molecule has 1 aliphatic rings. The summed E-state index contributed by atoms with van der Waals surface area (Å²) >= 11 is 1.45. The van der Waals surface area contributed by atoms with E-state index >= 15 is 0 Å². The highest BCUT2D eigenvalue weighted by Crippen LogP contribution is 2.32. The topological polar surface area (TPSA) is 103 Å². The molecule has 27 heavy (non-hydrogen) atoms. The molecule has 1 amide bonds. The summed E-state index contributed by atoms with van der Waals surface area (Å²) in [5.74, 6) is -0.840. The monoisotopic (exact) mass is 412 g/mol. The number of nitrogens with zero attached hydrogens (tertiary/aromatic N) is 2. The smallest absolute Gasteiger partial charge is 0.414 e. The summed E-state index contributed by atoms with van der Waals surface area (Å²) in [5, 5.41) is 0. The average molecular weight is 412 g/mol. The highest BCUT2D eigenvalue weighted by molar-refractivity contribution is 7.92. The number of thiazole rings is 1. The van der Waals surface area contributed by atoms with E-state index in [0.29, 0.717) is 5.69 Å². The molecular weight excluding hydrogens is 392 g/mol. The Morgan fingerprint density at radius 3 is 2.89 bits per heavy atom. The number of rotatable bonds is 6. The van der Waals surface area contributed by atoms with Crippen LogP contribution < -0.4 is 4.90 Å². The van der Waals surface area contributed by atoms with E-state index in [1.165, 1.54) is 23.2 Å². The lowest BCUT2D eigenvalue weighted by molar-refractivity contribution is -0.146. The number of hydrogen-bond donors (Lipinski definition) is 0. The van der Waals surface area contributed by atoms with Crippen molar-refractivity contribution >= 4 is 49.1 Å². The van der Waals surface area contributed by atoms with Crippen LogP contribution in [0.4, 0.5) is 10.5 Å². The molecule has 0 saturated carbocycles. The van der Waals surface area contributed by atoms with E-state index in [1.54, 1.807) is 24.6 Å². The van der Waals surface area contributed by atoms with Gasteiger partial charge in [0.1, 0.15) is 6.10 Å². The van der Waals surface area contributed by atoms with E-state index in [0.717, 1.165) is 16.5 Å². The molecule has 0 spiro atoms. The quantitative estimate of drug-likeness (QED) is 0.671. The van der Waals surface area contributed by atoms with Gasteiger partial charge >= 0.3 is 12.1 Å². The maximum Gasteiger partial charge on any atom is 0.414 e. The summed E-state index contributed by atoms with van der Waals surface area (Å²) in [5.41, 5.74) is 3.19. The number of cyclic esters (lactones) is 1. The first-order chi connectivity index (χ1) is 12.7. The molecule has 2 aromatic rings. The lowest BCUT2D eigenvalue weighted by Gasteiger charge is -2.27. The van der Waals surface area contributed by atoms with Crippen molar-refractivity contribution in [3.8, 4) is 0 Å². The molecule has 1 aliphatic heterocycles. The third kappa shape index (κ3) is 3.63. The lowest BCUT2D eigenvalue weighted by Crippen LogP contribution is -2.47. The van der Waals surface area contributed by atoms with Crippen molar-refractivity contribution in [3.05, 3.63) is 23.7 Å². The Bertz CT molecular complexity index is 986. The van der Waals surface area contributed by atoms with Crippen LogP contribution in [0, 0.1) is 0 Å². The number of ether oxygens (including phenoxy) is 2. The Kier molecular flexibility index (Phi) is 5.13. The van der Waals surface area contributed by atoms with Gasteiger partial charge in [-0.05, 0) is 32.0 Å². The van der Waals surface area contributed by atoms with Gasteiger partial charge in [0.05, 0.1) is 28.9 Å². The van der Waals surface area contributed by atoms with Gasteiger partial charge < -0.3 is 9.47 Å². The lowest BCUT2D eigenvalue weighted by atomic mass is 10.0. The highest BCUT2D eigenvalue weighted by Gasteiger charge is 2.49. The minimum absolute atomic E-state index is 0.0649. The second kappa shape index (κ2) is 7.08. The second-order valence-electron chi connectivity index (χ2n) is 6.55. The molecule has 1 fully saturated rings. The summed E-state index contributed by atoms with van der Waals surface area (Å²) in [6, 6.07) is 5.39. The molecule has 0 bridgehead atoms. The molecule has 0 aliphatic carbocycles. The summed E-state index contributed by atoms with van der Waals surface area (Å²) < 4.78 is 33.9. The van der Waals surface area contributed by atoms with Gasteiger partial charge in [0.15, 0.2) is 14.6 Å². The van der Waals surface area contributed by atoms with Crippen LogP contribution in [-0.4, -0.2) is 55.7 Å². The first-order valence-electron chi connectivity index (χ1n) is 8.34. The number of fused-ring (bicyclic) bond motifs is 1. The minimum Gasteiger partial charge on any atom is -0.465 e. The Labute approximate surface area is 161 Å². The van der Waals surface area contributed by atoms with E-state index in [2.05, 4.69) is 4.98 Å².